The summed E-state index contributed by atoms with van der Waals surface area (Å²) < 4.78 is 5.22. The zero-order chi connectivity index (χ0) is 11.1. The lowest BCUT2D eigenvalue weighted by molar-refractivity contribution is 0.214. The van der Waals surface area contributed by atoms with Crippen LogP contribution in [0.2, 0.25) is 13.1 Å². The van der Waals surface area contributed by atoms with Crippen LogP contribution < -0.4 is 0 Å². The standard InChI is InChI=1S/C7H12ClNO3SSi/c1-11-9-6(7(10)13)5(8)4-12-14(2)3/h4,14H,1-3H3,(H,10,13). The van der Waals surface area contributed by atoms with Gasteiger partial charge in [-0.25, -0.2) is 0 Å². The molecule has 0 heterocycles. The van der Waals surface area contributed by atoms with Gasteiger partial charge < -0.3 is 14.4 Å². The van der Waals surface area contributed by atoms with Gasteiger partial charge in [-0.1, -0.05) is 16.8 Å². The van der Waals surface area contributed by atoms with Crippen LogP contribution in [0.25, 0.3) is 0 Å². The minimum Gasteiger partial charge on any atom is -0.551 e. The first-order valence-electron chi connectivity index (χ1n) is 3.85. The topological polar surface area (TPSA) is 51.0 Å². The number of hydrogen-bond acceptors (Lipinski definition) is 4. The molecule has 1 N–H and O–H groups in total. The maximum atomic E-state index is 9.03. The first-order valence-corrected chi connectivity index (χ1v) is 7.41. The molecule has 80 valence electrons. The molecule has 0 rings (SSSR count). The van der Waals surface area contributed by atoms with Crippen LogP contribution in [-0.2, 0) is 9.26 Å². The lowest BCUT2D eigenvalue weighted by atomic mass is 10.4. The molecule has 0 aromatic heterocycles. The van der Waals surface area contributed by atoms with E-state index in [1.165, 1.54) is 13.4 Å². The van der Waals surface area contributed by atoms with Gasteiger partial charge in [0.15, 0.2) is 5.71 Å². The third-order valence-electron chi connectivity index (χ3n) is 1.06. The van der Waals surface area contributed by atoms with E-state index >= 15 is 0 Å². The summed E-state index contributed by atoms with van der Waals surface area (Å²) in [6.07, 6.45) is 1.32. The van der Waals surface area contributed by atoms with E-state index in [0.29, 0.717) is 0 Å². The molecule has 0 saturated heterocycles. The molecule has 14 heavy (non-hydrogen) atoms. The highest BCUT2D eigenvalue weighted by Gasteiger charge is 2.11. The summed E-state index contributed by atoms with van der Waals surface area (Å²) in [6.45, 7) is 3.95. The molecule has 0 aliphatic heterocycles. The fraction of sp³-hybridized carbons (Fsp3) is 0.429. The second-order valence-corrected chi connectivity index (χ2v) is 5.74. The summed E-state index contributed by atoms with van der Waals surface area (Å²) >= 11 is 10.3. The average molecular weight is 254 g/mol. The van der Waals surface area contributed by atoms with E-state index in [-0.39, 0.29) is 10.7 Å². The van der Waals surface area contributed by atoms with Gasteiger partial charge in [-0.2, -0.15) is 0 Å². The minimum atomic E-state index is -1.20. The van der Waals surface area contributed by atoms with E-state index < -0.39 is 14.1 Å². The van der Waals surface area contributed by atoms with Crippen LogP contribution >= 0.6 is 23.8 Å². The van der Waals surface area contributed by atoms with Gasteiger partial charge in [-0.05, 0) is 25.3 Å². The quantitative estimate of drug-likeness (QED) is 0.268. The van der Waals surface area contributed by atoms with Crippen molar-refractivity contribution < 1.29 is 14.4 Å². The monoisotopic (exact) mass is 253 g/mol. The van der Waals surface area contributed by atoms with Crippen LogP contribution in [-0.4, -0.2) is 32.0 Å². The first-order chi connectivity index (χ1) is 6.49. The molecule has 0 aromatic rings. The Labute approximate surface area is 94.9 Å². The van der Waals surface area contributed by atoms with E-state index in [9.17, 15) is 0 Å². The van der Waals surface area contributed by atoms with Gasteiger partial charge in [-0.15, -0.1) is 0 Å². The van der Waals surface area contributed by atoms with Crippen molar-refractivity contribution in [2.75, 3.05) is 7.11 Å². The number of thiocarbonyl (C=S) groups is 1. The van der Waals surface area contributed by atoms with Gasteiger partial charge >= 0.3 is 0 Å². The lowest BCUT2D eigenvalue weighted by Crippen LogP contribution is -2.13. The number of hydrogen-bond donors (Lipinski definition) is 1. The van der Waals surface area contributed by atoms with Crippen LogP contribution in [0.1, 0.15) is 0 Å². The zero-order valence-electron chi connectivity index (χ0n) is 8.15. The molecule has 7 heteroatoms. The van der Waals surface area contributed by atoms with E-state index in [1.807, 2.05) is 13.1 Å². The number of halogens is 1. The van der Waals surface area contributed by atoms with Gasteiger partial charge in [0.1, 0.15) is 12.1 Å². The van der Waals surface area contributed by atoms with Gasteiger partial charge in [0.2, 0.25) is 14.1 Å². The third kappa shape index (κ3) is 5.20. The minimum absolute atomic E-state index is 0.00110. The SMILES string of the molecule is CON=C(C(O)=S)C(Cl)=CO[SiH](C)C. The van der Waals surface area contributed by atoms with Crippen LogP contribution in [0.15, 0.2) is 16.5 Å². The molecule has 0 saturated carbocycles. The van der Waals surface area contributed by atoms with Crippen LogP contribution in [0.5, 0.6) is 0 Å². The third-order valence-corrected chi connectivity index (χ3v) is 2.20. The molecular formula is C7H12ClNO3SSi. The van der Waals surface area contributed by atoms with Crippen molar-refractivity contribution in [3.63, 3.8) is 0 Å². The summed E-state index contributed by atoms with van der Waals surface area (Å²) in [5.74, 6) is 0. The Morgan fingerprint density at radius 1 is 1.57 bits per heavy atom. The maximum absolute atomic E-state index is 9.03. The Morgan fingerprint density at radius 2 is 2.14 bits per heavy atom. The van der Waals surface area contributed by atoms with E-state index in [2.05, 4.69) is 22.2 Å². The van der Waals surface area contributed by atoms with Crippen molar-refractivity contribution in [3.05, 3.63) is 11.3 Å². The van der Waals surface area contributed by atoms with Gasteiger partial charge in [0.05, 0.1) is 6.26 Å². The van der Waals surface area contributed by atoms with Crippen molar-refractivity contribution in [2.45, 2.75) is 13.1 Å². The maximum Gasteiger partial charge on any atom is 0.228 e. The summed E-state index contributed by atoms with van der Waals surface area (Å²) in [6, 6.07) is 0. The highest BCUT2D eigenvalue weighted by molar-refractivity contribution is 7.81. The molecule has 0 atom stereocenters. The second-order valence-electron chi connectivity index (χ2n) is 2.58. The molecular weight excluding hydrogens is 242 g/mol. The summed E-state index contributed by atoms with van der Waals surface area (Å²) in [5, 5.41) is 12.2. The Balaban J connectivity index is 4.60. The largest absolute Gasteiger partial charge is 0.551 e. The smallest absolute Gasteiger partial charge is 0.228 e. The van der Waals surface area contributed by atoms with Gasteiger partial charge in [0, 0.05) is 0 Å². The Morgan fingerprint density at radius 3 is 2.50 bits per heavy atom. The van der Waals surface area contributed by atoms with E-state index in [1.54, 1.807) is 0 Å². The number of oxime groups is 1. The predicted octanol–water partition coefficient (Wildman–Crippen LogP) is 1.95. The normalized spacial score (nSPS) is 12.9. The predicted molar refractivity (Wildman–Crippen MR) is 63.6 cm³/mol. The van der Waals surface area contributed by atoms with Crippen molar-refractivity contribution in [1.82, 2.24) is 0 Å². The summed E-state index contributed by atoms with van der Waals surface area (Å²) in [7, 11) is 0.133. The average Bonchev–Trinajstić information content (AvgIpc) is 2.09. The van der Waals surface area contributed by atoms with Crippen molar-refractivity contribution in [1.29, 1.82) is 0 Å². The first kappa shape index (κ1) is 13.4. The van der Waals surface area contributed by atoms with Crippen molar-refractivity contribution >= 4 is 43.6 Å². The summed E-state index contributed by atoms with van der Waals surface area (Å²) in [5.41, 5.74) is -0.00110. The van der Waals surface area contributed by atoms with Crippen LogP contribution in [0, 0.1) is 0 Å². The number of rotatable bonds is 5. The van der Waals surface area contributed by atoms with Crippen molar-refractivity contribution in [2.24, 2.45) is 5.16 Å². The Kier molecular flexibility index (Phi) is 6.51. The second kappa shape index (κ2) is 6.80. The molecule has 0 spiro atoms. The number of aliphatic hydroxyl groups excluding tert-OH is 1. The Hall–Kier alpha value is -0.593. The summed E-state index contributed by atoms with van der Waals surface area (Å²) in [4.78, 5) is 4.46. The van der Waals surface area contributed by atoms with E-state index in [0.717, 1.165) is 0 Å². The van der Waals surface area contributed by atoms with E-state index in [4.69, 9.17) is 21.1 Å². The number of aliphatic hydroxyl groups is 1. The molecule has 0 aromatic carbocycles. The molecule has 0 aliphatic carbocycles. The molecule has 0 amide bonds. The molecule has 0 radical (unpaired) electrons. The van der Waals surface area contributed by atoms with Crippen LogP contribution in [0.3, 0.4) is 0 Å². The molecule has 0 bridgehead atoms. The van der Waals surface area contributed by atoms with Crippen molar-refractivity contribution in [3.8, 4) is 0 Å². The van der Waals surface area contributed by atoms with Crippen LogP contribution in [0.4, 0.5) is 0 Å². The number of nitrogens with zero attached hydrogens (tertiary/aromatic N) is 1. The molecule has 0 unspecified atom stereocenters. The highest BCUT2D eigenvalue weighted by Crippen LogP contribution is 2.07. The fourth-order valence-corrected chi connectivity index (χ4v) is 1.40. The lowest BCUT2D eigenvalue weighted by Gasteiger charge is -2.04. The van der Waals surface area contributed by atoms with Gasteiger partial charge in [0.25, 0.3) is 0 Å². The molecule has 4 nitrogen and oxygen atoms in total. The fourth-order valence-electron chi connectivity index (χ4n) is 0.528. The van der Waals surface area contributed by atoms with Gasteiger partial charge in [-0.3, -0.25) is 0 Å². The Bertz CT molecular complexity index is 268. The molecule has 0 aliphatic rings. The molecule has 0 fully saturated rings. The zero-order valence-corrected chi connectivity index (χ0v) is 10.9. The highest BCUT2D eigenvalue weighted by atomic mass is 35.5.